The van der Waals surface area contributed by atoms with Gasteiger partial charge >= 0.3 is 0 Å². The van der Waals surface area contributed by atoms with Gasteiger partial charge in [0.15, 0.2) is 0 Å². The lowest BCUT2D eigenvalue weighted by atomic mass is 10.1. The molecule has 1 aromatic heterocycles. The van der Waals surface area contributed by atoms with Crippen molar-refractivity contribution >= 4 is 9.84 Å². The zero-order chi connectivity index (χ0) is 13.9. The average molecular weight is 284 g/mol. The van der Waals surface area contributed by atoms with Crippen molar-refractivity contribution in [2.24, 2.45) is 5.92 Å². The van der Waals surface area contributed by atoms with E-state index in [4.69, 9.17) is 0 Å². The third-order valence-corrected chi connectivity index (χ3v) is 4.48. The molecule has 19 heavy (non-hydrogen) atoms. The summed E-state index contributed by atoms with van der Waals surface area (Å²) in [6.45, 7) is 3.76. The van der Waals surface area contributed by atoms with Crippen LogP contribution in [0.2, 0.25) is 0 Å². The molecule has 0 saturated heterocycles. The van der Waals surface area contributed by atoms with Crippen LogP contribution < -0.4 is 5.32 Å². The molecule has 1 atom stereocenters. The number of rotatable bonds is 8. The van der Waals surface area contributed by atoms with E-state index in [1.807, 2.05) is 10.8 Å². The highest BCUT2D eigenvalue weighted by atomic mass is 32.2. The summed E-state index contributed by atoms with van der Waals surface area (Å²) in [6, 6.07) is 2.56. The number of nitrogens with zero attached hydrogens (tertiary/aromatic N) is 1. The molecule has 0 spiro atoms. The summed E-state index contributed by atoms with van der Waals surface area (Å²) in [4.78, 5) is 0. The fraction of sp³-hybridized carbons (Fsp3) is 0.714. The first-order chi connectivity index (χ1) is 8.99. The molecule has 2 rings (SSSR count). The van der Waals surface area contributed by atoms with Crippen molar-refractivity contribution in [3.05, 3.63) is 24.0 Å². The normalized spacial score (nSPS) is 17.6. The second-order valence-corrected chi connectivity index (χ2v) is 7.84. The van der Waals surface area contributed by atoms with Gasteiger partial charge < -0.3 is 9.88 Å². The van der Waals surface area contributed by atoms with E-state index in [9.17, 15) is 8.42 Å². The molecule has 1 aliphatic rings. The summed E-state index contributed by atoms with van der Waals surface area (Å²) in [7, 11) is -2.89. The highest BCUT2D eigenvalue weighted by Gasteiger charge is 2.32. The van der Waals surface area contributed by atoms with Crippen molar-refractivity contribution in [3.8, 4) is 0 Å². The molecule has 0 aliphatic heterocycles. The van der Waals surface area contributed by atoms with Gasteiger partial charge in [-0.3, -0.25) is 0 Å². The molecule has 0 aromatic carbocycles. The maximum atomic E-state index is 11.2. The van der Waals surface area contributed by atoms with E-state index in [0.717, 1.165) is 18.9 Å². The molecule has 1 fully saturated rings. The van der Waals surface area contributed by atoms with Gasteiger partial charge in [0.25, 0.3) is 0 Å². The maximum absolute atomic E-state index is 11.2. The Kier molecular flexibility index (Phi) is 4.68. The van der Waals surface area contributed by atoms with Gasteiger partial charge in [-0.05, 0) is 43.4 Å². The lowest BCUT2D eigenvalue weighted by Gasteiger charge is -2.16. The SMILES string of the molecule is CCCNC(c1ccn(CCS(C)(=O)=O)c1)C1CC1. The van der Waals surface area contributed by atoms with Crippen LogP contribution in [0.3, 0.4) is 0 Å². The van der Waals surface area contributed by atoms with Crippen molar-refractivity contribution in [3.63, 3.8) is 0 Å². The fourth-order valence-corrected chi connectivity index (χ4v) is 2.88. The monoisotopic (exact) mass is 284 g/mol. The lowest BCUT2D eigenvalue weighted by molar-refractivity contribution is 0.480. The van der Waals surface area contributed by atoms with E-state index in [-0.39, 0.29) is 5.75 Å². The molecule has 1 unspecified atom stereocenters. The molecule has 5 heteroatoms. The number of hydrogen-bond donors (Lipinski definition) is 1. The van der Waals surface area contributed by atoms with E-state index in [2.05, 4.69) is 24.5 Å². The second-order valence-electron chi connectivity index (χ2n) is 5.58. The molecule has 1 aromatic rings. The van der Waals surface area contributed by atoms with Gasteiger partial charge in [0.05, 0.1) is 5.75 Å². The molecular weight excluding hydrogens is 260 g/mol. The van der Waals surface area contributed by atoms with Gasteiger partial charge in [-0.15, -0.1) is 0 Å². The summed E-state index contributed by atoms with van der Waals surface area (Å²) in [5, 5.41) is 3.60. The standard InChI is InChI=1S/C14H24N2O2S/c1-3-7-15-14(12-4-5-12)13-6-8-16(11-13)9-10-19(2,17)18/h6,8,11-12,14-15H,3-5,7,9-10H2,1-2H3. The maximum Gasteiger partial charge on any atom is 0.149 e. The van der Waals surface area contributed by atoms with E-state index in [1.54, 1.807) is 0 Å². The van der Waals surface area contributed by atoms with Crippen LogP contribution in [0.1, 0.15) is 37.8 Å². The van der Waals surface area contributed by atoms with Gasteiger partial charge in [0, 0.05) is 31.2 Å². The third kappa shape index (κ3) is 4.66. The summed E-state index contributed by atoms with van der Waals surface area (Å²) in [5.41, 5.74) is 1.30. The Morgan fingerprint density at radius 3 is 2.79 bits per heavy atom. The van der Waals surface area contributed by atoms with Crippen LogP contribution >= 0.6 is 0 Å². The Morgan fingerprint density at radius 1 is 1.47 bits per heavy atom. The average Bonchev–Trinajstić information content (AvgIpc) is 3.05. The first-order valence-electron chi connectivity index (χ1n) is 7.06. The molecule has 1 N–H and O–H groups in total. The zero-order valence-corrected chi connectivity index (χ0v) is 12.6. The fourth-order valence-electron chi connectivity index (χ4n) is 2.34. The first-order valence-corrected chi connectivity index (χ1v) is 9.12. The molecule has 108 valence electrons. The first kappa shape index (κ1) is 14.6. The van der Waals surface area contributed by atoms with Crippen LogP contribution in [0, 0.1) is 5.92 Å². The Labute approximate surface area is 116 Å². The van der Waals surface area contributed by atoms with E-state index in [0.29, 0.717) is 12.6 Å². The van der Waals surface area contributed by atoms with Crippen LogP contribution in [0.4, 0.5) is 0 Å². The van der Waals surface area contributed by atoms with Crippen molar-refractivity contribution in [1.29, 1.82) is 0 Å². The Bertz CT molecular complexity index is 503. The number of aromatic nitrogens is 1. The van der Waals surface area contributed by atoms with Gasteiger partial charge in [0.1, 0.15) is 9.84 Å². The number of hydrogen-bond acceptors (Lipinski definition) is 3. The summed E-state index contributed by atoms with van der Waals surface area (Å²) >= 11 is 0. The van der Waals surface area contributed by atoms with Crippen LogP contribution in [0.5, 0.6) is 0 Å². The molecule has 1 aliphatic carbocycles. The Balaban J connectivity index is 1.97. The summed E-state index contributed by atoms with van der Waals surface area (Å²) in [5.74, 6) is 0.967. The minimum Gasteiger partial charge on any atom is -0.353 e. The number of aryl methyl sites for hydroxylation is 1. The quantitative estimate of drug-likeness (QED) is 0.794. The molecule has 1 heterocycles. The predicted octanol–water partition coefficient (Wildman–Crippen LogP) is 1.98. The van der Waals surface area contributed by atoms with Crippen LogP contribution in [-0.2, 0) is 16.4 Å². The molecule has 1 saturated carbocycles. The molecule has 4 nitrogen and oxygen atoms in total. The topological polar surface area (TPSA) is 51.1 Å². The molecule has 0 bridgehead atoms. The highest BCUT2D eigenvalue weighted by Crippen LogP contribution is 2.41. The van der Waals surface area contributed by atoms with E-state index in [1.165, 1.54) is 24.7 Å². The van der Waals surface area contributed by atoms with Gasteiger partial charge in [-0.2, -0.15) is 0 Å². The minimum absolute atomic E-state index is 0.206. The molecule has 0 amide bonds. The predicted molar refractivity (Wildman–Crippen MR) is 77.9 cm³/mol. The van der Waals surface area contributed by atoms with Crippen molar-refractivity contribution in [2.45, 2.75) is 38.8 Å². The Morgan fingerprint density at radius 2 is 2.21 bits per heavy atom. The zero-order valence-electron chi connectivity index (χ0n) is 11.8. The second kappa shape index (κ2) is 6.09. The van der Waals surface area contributed by atoms with E-state index >= 15 is 0 Å². The third-order valence-electron chi connectivity index (χ3n) is 3.56. The van der Waals surface area contributed by atoms with Crippen molar-refractivity contribution < 1.29 is 8.42 Å². The summed E-state index contributed by atoms with van der Waals surface area (Å²) < 4.78 is 24.3. The van der Waals surface area contributed by atoms with Gasteiger partial charge in [-0.1, -0.05) is 6.92 Å². The van der Waals surface area contributed by atoms with Gasteiger partial charge in [-0.25, -0.2) is 8.42 Å². The number of nitrogens with one attached hydrogen (secondary N) is 1. The number of sulfone groups is 1. The molecular formula is C14H24N2O2S. The van der Waals surface area contributed by atoms with Crippen LogP contribution in [-0.4, -0.2) is 31.5 Å². The van der Waals surface area contributed by atoms with E-state index < -0.39 is 9.84 Å². The summed E-state index contributed by atoms with van der Waals surface area (Å²) in [6.07, 6.45) is 9.11. The van der Waals surface area contributed by atoms with Crippen molar-refractivity contribution in [1.82, 2.24) is 9.88 Å². The smallest absolute Gasteiger partial charge is 0.149 e. The van der Waals surface area contributed by atoms with Crippen LogP contribution in [0.25, 0.3) is 0 Å². The minimum atomic E-state index is -2.89. The van der Waals surface area contributed by atoms with Crippen molar-refractivity contribution in [2.75, 3.05) is 18.6 Å². The highest BCUT2D eigenvalue weighted by molar-refractivity contribution is 7.90. The van der Waals surface area contributed by atoms with Crippen LogP contribution in [0.15, 0.2) is 18.5 Å². The largest absolute Gasteiger partial charge is 0.353 e. The lowest BCUT2D eigenvalue weighted by Crippen LogP contribution is -2.23. The Hall–Kier alpha value is -0.810. The molecule has 0 radical (unpaired) electrons. The van der Waals surface area contributed by atoms with Gasteiger partial charge in [0.2, 0.25) is 0 Å².